The number of nitrogens with zero attached hydrogens (tertiary/aromatic N) is 6. The molecule has 0 unspecified atom stereocenters. The molecule has 0 radical (unpaired) electrons. The van der Waals surface area contributed by atoms with Crippen molar-refractivity contribution in [2.24, 2.45) is 12.0 Å². The van der Waals surface area contributed by atoms with Gasteiger partial charge in [-0.2, -0.15) is 0 Å². The van der Waals surface area contributed by atoms with Crippen molar-refractivity contribution in [1.82, 2.24) is 25.0 Å². The molecular formula is C24H32IN7O. The van der Waals surface area contributed by atoms with Crippen LogP contribution in [0.5, 0.6) is 5.75 Å². The molecular weight excluding hydrogens is 529 g/mol. The molecule has 1 fully saturated rings. The lowest BCUT2D eigenvalue weighted by Crippen LogP contribution is -2.52. The summed E-state index contributed by atoms with van der Waals surface area (Å²) in [6.45, 7) is 6.85. The van der Waals surface area contributed by atoms with Crippen LogP contribution in [0.2, 0.25) is 0 Å². The number of aromatic nitrogens is 3. The molecule has 1 aromatic heterocycles. The number of aliphatic imine (C=N–C) groups is 1. The number of rotatable bonds is 6. The van der Waals surface area contributed by atoms with Crippen molar-refractivity contribution in [3.8, 4) is 5.75 Å². The number of nitrogens with one attached hydrogen (secondary N) is 1. The Morgan fingerprint density at radius 3 is 2.30 bits per heavy atom. The summed E-state index contributed by atoms with van der Waals surface area (Å²) in [5.41, 5.74) is 2.41. The Labute approximate surface area is 212 Å². The van der Waals surface area contributed by atoms with Crippen LogP contribution in [0.4, 0.5) is 5.69 Å². The number of para-hydroxylation sites is 1. The minimum Gasteiger partial charge on any atom is -0.497 e. The number of hydrogen-bond donors (Lipinski definition) is 1. The average Bonchev–Trinajstić information content (AvgIpc) is 3.17. The first-order chi connectivity index (χ1) is 15.6. The molecule has 0 spiro atoms. The number of hydrogen-bond acceptors (Lipinski definition) is 5. The minimum atomic E-state index is 0. The molecule has 176 valence electrons. The zero-order valence-corrected chi connectivity index (χ0v) is 21.8. The quantitative estimate of drug-likeness (QED) is 0.283. The summed E-state index contributed by atoms with van der Waals surface area (Å²) in [5.74, 6) is 3.54. The van der Waals surface area contributed by atoms with Gasteiger partial charge in [-0.1, -0.05) is 30.3 Å². The zero-order chi connectivity index (χ0) is 22.3. The van der Waals surface area contributed by atoms with Crippen LogP contribution in [0.1, 0.15) is 17.2 Å². The monoisotopic (exact) mass is 561 g/mol. The molecule has 0 amide bonds. The number of benzene rings is 2. The van der Waals surface area contributed by atoms with Crippen LogP contribution < -0.4 is 15.0 Å². The predicted octanol–water partition coefficient (Wildman–Crippen LogP) is 3.22. The maximum atomic E-state index is 5.26. The van der Waals surface area contributed by atoms with E-state index in [0.717, 1.165) is 55.1 Å². The smallest absolute Gasteiger partial charge is 0.194 e. The second-order valence-corrected chi connectivity index (χ2v) is 7.87. The van der Waals surface area contributed by atoms with E-state index in [2.05, 4.69) is 67.8 Å². The predicted molar refractivity (Wildman–Crippen MR) is 142 cm³/mol. The van der Waals surface area contributed by atoms with Crippen molar-refractivity contribution >= 4 is 35.6 Å². The maximum absolute atomic E-state index is 5.26. The summed E-state index contributed by atoms with van der Waals surface area (Å²) in [6, 6.07) is 18.6. The fourth-order valence-electron chi connectivity index (χ4n) is 3.74. The van der Waals surface area contributed by atoms with Gasteiger partial charge in [0.05, 0.1) is 20.2 Å². The Bertz CT molecular complexity index is 1030. The van der Waals surface area contributed by atoms with E-state index in [1.807, 2.05) is 30.7 Å². The Kier molecular flexibility index (Phi) is 8.93. The van der Waals surface area contributed by atoms with Crippen LogP contribution in [-0.4, -0.2) is 58.9 Å². The van der Waals surface area contributed by atoms with E-state index < -0.39 is 0 Å². The Morgan fingerprint density at radius 1 is 1.00 bits per heavy atom. The maximum Gasteiger partial charge on any atom is 0.194 e. The molecule has 2 heterocycles. The van der Waals surface area contributed by atoms with E-state index in [4.69, 9.17) is 9.73 Å². The van der Waals surface area contributed by atoms with E-state index in [9.17, 15) is 0 Å². The summed E-state index contributed by atoms with van der Waals surface area (Å²) in [5, 5.41) is 12.0. The van der Waals surface area contributed by atoms with Crippen molar-refractivity contribution in [1.29, 1.82) is 0 Å². The van der Waals surface area contributed by atoms with E-state index in [1.54, 1.807) is 7.11 Å². The van der Waals surface area contributed by atoms with Crippen LogP contribution in [0.25, 0.3) is 0 Å². The number of anilines is 1. The SMILES string of the molecule is COc1ccc(CN=C(NCc2nnc(C)n2C)N2CCN(c3ccccc3)CC2)cc1.I. The highest BCUT2D eigenvalue weighted by molar-refractivity contribution is 14.0. The Hall–Kier alpha value is -2.82. The van der Waals surface area contributed by atoms with Crippen LogP contribution in [0.15, 0.2) is 59.6 Å². The molecule has 4 rings (SSSR count). The summed E-state index contributed by atoms with van der Waals surface area (Å²) in [6.07, 6.45) is 0. The number of ether oxygens (including phenoxy) is 1. The summed E-state index contributed by atoms with van der Waals surface area (Å²) in [4.78, 5) is 9.68. The van der Waals surface area contributed by atoms with Gasteiger partial charge in [-0.3, -0.25) is 0 Å². The highest BCUT2D eigenvalue weighted by Gasteiger charge is 2.20. The van der Waals surface area contributed by atoms with Gasteiger partial charge in [0, 0.05) is 38.9 Å². The minimum absolute atomic E-state index is 0. The van der Waals surface area contributed by atoms with E-state index >= 15 is 0 Å². The topological polar surface area (TPSA) is 70.8 Å². The standard InChI is InChI=1S/C24H31N7O.HI/c1-19-27-28-23(29(19)2)18-26-24(25-17-20-9-11-22(32-3)12-10-20)31-15-13-30(14-16-31)21-7-5-4-6-8-21;/h4-12H,13-18H2,1-3H3,(H,25,26);1H. The Balaban J connectivity index is 0.00000306. The highest BCUT2D eigenvalue weighted by Crippen LogP contribution is 2.16. The second kappa shape index (κ2) is 11.9. The van der Waals surface area contributed by atoms with E-state index in [1.165, 1.54) is 5.69 Å². The number of methoxy groups -OCH3 is 1. The third-order valence-corrected chi connectivity index (χ3v) is 5.86. The zero-order valence-electron chi connectivity index (χ0n) is 19.4. The molecule has 1 aliphatic rings. The normalized spacial score (nSPS) is 14.1. The largest absolute Gasteiger partial charge is 0.497 e. The molecule has 0 saturated carbocycles. The van der Waals surface area contributed by atoms with Gasteiger partial charge in [-0.25, -0.2) is 4.99 Å². The lowest BCUT2D eigenvalue weighted by Gasteiger charge is -2.37. The third kappa shape index (κ3) is 6.37. The molecule has 3 aromatic rings. The van der Waals surface area contributed by atoms with Crippen LogP contribution in [0.3, 0.4) is 0 Å². The van der Waals surface area contributed by atoms with Crippen LogP contribution >= 0.6 is 24.0 Å². The molecule has 2 aromatic carbocycles. The summed E-state index contributed by atoms with van der Waals surface area (Å²) >= 11 is 0. The third-order valence-electron chi connectivity index (χ3n) is 5.86. The van der Waals surface area contributed by atoms with Gasteiger partial charge in [0.15, 0.2) is 11.8 Å². The first kappa shape index (κ1) is 24.8. The highest BCUT2D eigenvalue weighted by atomic mass is 127. The van der Waals surface area contributed by atoms with Crippen molar-refractivity contribution < 1.29 is 4.74 Å². The van der Waals surface area contributed by atoms with Gasteiger partial charge >= 0.3 is 0 Å². The molecule has 1 aliphatic heterocycles. The molecule has 33 heavy (non-hydrogen) atoms. The van der Waals surface area contributed by atoms with Crippen molar-refractivity contribution in [2.45, 2.75) is 20.0 Å². The number of piperazine rings is 1. The Morgan fingerprint density at radius 2 is 1.70 bits per heavy atom. The number of aryl methyl sites for hydroxylation is 1. The van der Waals surface area contributed by atoms with E-state index in [-0.39, 0.29) is 24.0 Å². The first-order valence-corrected chi connectivity index (χ1v) is 10.9. The molecule has 9 heteroatoms. The average molecular weight is 561 g/mol. The first-order valence-electron chi connectivity index (χ1n) is 10.9. The van der Waals surface area contributed by atoms with Crippen molar-refractivity contribution in [3.05, 3.63) is 71.8 Å². The lowest BCUT2D eigenvalue weighted by molar-refractivity contribution is 0.370. The van der Waals surface area contributed by atoms with Gasteiger partial charge in [0.1, 0.15) is 11.6 Å². The van der Waals surface area contributed by atoms with Crippen molar-refractivity contribution in [3.63, 3.8) is 0 Å². The lowest BCUT2D eigenvalue weighted by atomic mass is 10.2. The fraction of sp³-hybridized carbons (Fsp3) is 0.375. The summed E-state index contributed by atoms with van der Waals surface area (Å²) in [7, 11) is 3.66. The molecule has 0 aliphatic carbocycles. The van der Waals surface area contributed by atoms with Crippen molar-refractivity contribution in [2.75, 3.05) is 38.2 Å². The second-order valence-electron chi connectivity index (χ2n) is 7.87. The fourth-order valence-corrected chi connectivity index (χ4v) is 3.74. The van der Waals surface area contributed by atoms with Crippen LogP contribution in [0, 0.1) is 6.92 Å². The molecule has 1 saturated heterocycles. The van der Waals surface area contributed by atoms with Gasteiger partial charge in [-0.05, 0) is 36.8 Å². The number of guanidine groups is 1. The van der Waals surface area contributed by atoms with Gasteiger partial charge < -0.3 is 24.4 Å². The molecule has 1 N–H and O–H groups in total. The van der Waals surface area contributed by atoms with Gasteiger partial charge in [-0.15, -0.1) is 34.2 Å². The number of halogens is 1. The van der Waals surface area contributed by atoms with E-state index in [0.29, 0.717) is 13.1 Å². The molecule has 0 bridgehead atoms. The molecule has 8 nitrogen and oxygen atoms in total. The van der Waals surface area contributed by atoms with Gasteiger partial charge in [0.2, 0.25) is 0 Å². The molecule has 0 atom stereocenters. The van der Waals surface area contributed by atoms with Crippen LogP contribution in [-0.2, 0) is 20.1 Å². The summed E-state index contributed by atoms with van der Waals surface area (Å²) < 4.78 is 7.26. The van der Waals surface area contributed by atoms with Gasteiger partial charge in [0.25, 0.3) is 0 Å².